The smallest absolute Gasteiger partial charge is 0.251 e. The van der Waals surface area contributed by atoms with Crippen LogP contribution in [0.1, 0.15) is 42.6 Å². The van der Waals surface area contributed by atoms with Crippen molar-refractivity contribution in [2.75, 3.05) is 5.32 Å². The molecule has 0 aromatic heterocycles. The minimum Gasteiger partial charge on any atom is -0.348 e. The van der Waals surface area contributed by atoms with Crippen LogP contribution >= 0.6 is 0 Å². The lowest BCUT2D eigenvalue weighted by atomic mass is 10.0. The fraction of sp³-hybridized carbons (Fsp3) is 0.300. The molecule has 2 rings (SSSR count). The van der Waals surface area contributed by atoms with Gasteiger partial charge in [0.2, 0.25) is 5.91 Å². The molecule has 0 spiro atoms. The van der Waals surface area contributed by atoms with E-state index < -0.39 is 0 Å². The van der Waals surface area contributed by atoms with Gasteiger partial charge in [0, 0.05) is 23.7 Å². The summed E-state index contributed by atoms with van der Waals surface area (Å²) in [5.41, 5.74) is 2.35. The molecule has 2 amide bonds. The molecule has 0 radical (unpaired) electrons. The molecule has 0 heterocycles. The number of benzene rings is 2. The van der Waals surface area contributed by atoms with Crippen LogP contribution in [0.15, 0.2) is 54.6 Å². The highest BCUT2D eigenvalue weighted by molar-refractivity contribution is 5.96. The Bertz CT molecular complexity index is 662. The maximum Gasteiger partial charge on any atom is 0.251 e. The lowest BCUT2D eigenvalue weighted by Gasteiger charge is -2.13. The van der Waals surface area contributed by atoms with Gasteiger partial charge in [0.25, 0.3) is 5.91 Å². The zero-order valence-electron chi connectivity index (χ0n) is 14.2. The van der Waals surface area contributed by atoms with E-state index in [0.29, 0.717) is 17.8 Å². The monoisotopic (exact) mass is 324 g/mol. The largest absolute Gasteiger partial charge is 0.348 e. The molecule has 2 N–H and O–H groups in total. The second kappa shape index (κ2) is 8.87. The van der Waals surface area contributed by atoms with E-state index >= 15 is 0 Å². The quantitative estimate of drug-likeness (QED) is 0.809. The van der Waals surface area contributed by atoms with Gasteiger partial charge in [-0.05, 0) is 42.7 Å². The van der Waals surface area contributed by atoms with E-state index in [2.05, 4.69) is 10.6 Å². The molecule has 0 saturated heterocycles. The topological polar surface area (TPSA) is 58.2 Å². The first-order valence-corrected chi connectivity index (χ1v) is 8.37. The third kappa shape index (κ3) is 4.95. The van der Waals surface area contributed by atoms with E-state index in [0.717, 1.165) is 18.4 Å². The number of carbonyl (C=O) groups excluding carboxylic acids is 2. The highest BCUT2D eigenvalue weighted by atomic mass is 16.2. The van der Waals surface area contributed by atoms with Gasteiger partial charge in [-0.3, -0.25) is 9.59 Å². The molecule has 4 nitrogen and oxygen atoms in total. The van der Waals surface area contributed by atoms with Gasteiger partial charge >= 0.3 is 0 Å². The SMILES string of the molecule is CCC(CC)C(=O)Nc1ccc(C(=O)NCc2ccccc2)cc1. The predicted molar refractivity (Wildman–Crippen MR) is 96.8 cm³/mol. The lowest BCUT2D eigenvalue weighted by molar-refractivity contribution is -0.120. The Morgan fingerprint density at radius 2 is 1.54 bits per heavy atom. The molecule has 2 aromatic carbocycles. The number of anilines is 1. The first-order valence-electron chi connectivity index (χ1n) is 8.37. The number of rotatable bonds is 7. The first-order chi connectivity index (χ1) is 11.6. The van der Waals surface area contributed by atoms with Crippen molar-refractivity contribution < 1.29 is 9.59 Å². The van der Waals surface area contributed by atoms with Crippen LogP contribution in [0.5, 0.6) is 0 Å². The van der Waals surface area contributed by atoms with Crippen molar-refractivity contribution >= 4 is 17.5 Å². The van der Waals surface area contributed by atoms with Crippen LogP contribution in [-0.2, 0) is 11.3 Å². The Morgan fingerprint density at radius 3 is 2.12 bits per heavy atom. The average Bonchev–Trinajstić information content (AvgIpc) is 2.62. The molecule has 0 atom stereocenters. The minimum atomic E-state index is -0.128. The van der Waals surface area contributed by atoms with Gasteiger partial charge in [-0.2, -0.15) is 0 Å². The van der Waals surface area contributed by atoms with Crippen molar-refractivity contribution in [1.29, 1.82) is 0 Å². The van der Waals surface area contributed by atoms with Crippen LogP contribution in [0, 0.1) is 5.92 Å². The molecular weight excluding hydrogens is 300 g/mol. The fourth-order valence-electron chi connectivity index (χ4n) is 2.49. The zero-order valence-corrected chi connectivity index (χ0v) is 14.2. The normalized spacial score (nSPS) is 10.5. The molecule has 0 saturated carbocycles. The van der Waals surface area contributed by atoms with Gasteiger partial charge in [0.15, 0.2) is 0 Å². The maximum absolute atomic E-state index is 12.2. The van der Waals surface area contributed by atoms with Gasteiger partial charge < -0.3 is 10.6 Å². The third-order valence-corrected chi connectivity index (χ3v) is 4.07. The van der Waals surface area contributed by atoms with Crippen LogP contribution in [0.25, 0.3) is 0 Å². The van der Waals surface area contributed by atoms with Crippen molar-refractivity contribution in [2.45, 2.75) is 33.2 Å². The molecule has 0 fully saturated rings. The Kier molecular flexibility index (Phi) is 6.55. The van der Waals surface area contributed by atoms with Crippen LogP contribution < -0.4 is 10.6 Å². The molecule has 2 aromatic rings. The Balaban J connectivity index is 1.91. The third-order valence-electron chi connectivity index (χ3n) is 4.07. The second-order valence-electron chi connectivity index (χ2n) is 5.75. The van der Waals surface area contributed by atoms with Crippen LogP contribution in [-0.4, -0.2) is 11.8 Å². The standard InChI is InChI=1S/C20H24N2O2/c1-3-16(4-2)20(24)22-18-12-10-17(11-13-18)19(23)21-14-15-8-6-5-7-9-15/h5-13,16H,3-4,14H2,1-2H3,(H,21,23)(H,22,24). The minimum absolute atomic E-state index is 0.0267. The second-order valence-corrected chi connectivity index (χ2v) is 5.75. The van der Waals surface area contributed by atoms with E-state index in [9.17, 15) is 9.59 Å². The van der Waals surface area contributed by atoms with Crippen molar-refractivity contribution in [3.63, 3.8) is 0 Å². The summed E-state index contributed by atoms with van der Waals surface area (Å²) in [6, 6.07) is 16.7. The molecule has 4 heteroatoms. The molecule has 0 unspecified atom stereocenters. The summed E-state index contributed by atoms with van der Waals surface area (Å²) in [5, 5.41) is 5.78. The van der Waals surface area contributed by atoms with E-state index in [1.165, 1.54) is 0 Å². The molecule has 0 aliphatic heterocycles. The van der Waals surface area contributed by atoms with Gasteiger partial charge in [-0.1, -0.05) is 44.2 Å². The summed E-state index contributed by atoms with van der Waals surface area (Å²) in [4.78, 5) is 24.2. The summed E-state index contributed by atoms with van der Waals surface area (Å²) in [7, 11) is 0. The van der Waals surface area contributed by atoms with Crippen molar-refractivity contribution in [2.24, 2.45) is 5.92 Å². The van der Waals surface area contributed by atoms with Gasteiger partial charge in [-0.25, -0.2) is 0 Å². The van der Waals surface area contributed by atoms with Gasteiger partial charge in [0.05, 0.1) is 0 Å². The molecule has 24 heavy (non-hydrogen) atoms. The van der Waals surface area contributed by atoms with E-state index in [-0.39, 0.29) is 17.7 Å². The molecule has 0 aliphatic rings. The summed E-state index contributed by atoms with van der Waals surface area (Å²) in [6.45, 7) is 4.51. The van der Waals surface area contributed by atoms with Gasteiger partial charge in [0.1, 0.15) is 0 Å². The summed E-state index contributed by atoms with van der Waals surface area (Å²) < 4.78 is 0. The highest BCUT2D eigenvalue weighted by Gasteiger charge is 2.14. The fourth-order valence-corrected chi connectivity index (χ4v) is 2.49. The lowest BCUT2D eigenvalue weighted by Crippen LogP contribution is -2.23. The van der Waals surface area contributed by atoms with Crippen LogP contribution in [0.4, 0.5) is 5.69 Å². The van der Waals surface area contributed by atoms with Crippen LogP contribution in [0.2, 0.25) is 0 Å². The number of hydrogen-bond donors (Lipinski definition) is 2. The van der Waals surface area contributed by atoms with Crippen molar-refractivity contribution in [3.05, 3.63) is 65.7 Å². The summed E-state index contributed by atoms with van der Waals surface area (Å²) >= 11 is 0. The molecule has 0 bridgehead atoms. The molecule has 126 valence electrons. The van der Waals surface area contributed by atoms with Crippen molar-refractivity contribution in [1.82, 2.24) is 5.32 Å². The average molecular weight is 324 g/mol. The Hall–Kier alpha value is -2.62. The number of carbonyl (C=O) groups is 2. The van der Waals surface area contributed by atoms with E-state index in [1.807, 2.05) is 44.2 Å². The van der Waals surface area contributed by atoms with Crippen LogP contribution in [0.3, 0.4) is 0 Å². The molecule has 0 aliphatic carbocycles. The zero-order chi connectivity index (χ0) is 17.4. The van der Waals surface area contributed by atoms with E-state index in [4.69, 9.17) is 0 Å². The predicted octanol–water partition coefficient (Wildman–Crippen LogP) is 3.99. The van der Waals surface area contributed by atoms with Gasteiger partial charge in [-0.15, -0.1) is 0 Å². The number of amides is 2. The maximum atomic E-state index is 12.2. The number of nitrogens with one attached hydrogen (secondary N) is 2. The summed E-state index contributed by atoms with van der Waals surface area (Å²) in [5.74, 6) is -0.0724. The number of hydrogen-bond acceptors (Lipinski definition) is 2. The van der Waals surface area contributed by atoms with E-state index in [1.54, 1.807) is 24.3 Å². The summed E-state index contributed by atoms with van der Waals surface area (Å²) in [6.07, 6.45) is 1.64. The Labute approximate surface area is 143 Å². The van der Waals surface area contributed by atoms with Crippen molar-refractivity contribution in [3.8, 4) is 0 Å². The Morgan fingerprint density at radius 1 is 0.917 bits per heavy atom. The first kappa shape index (κ1) is 17.7. The molecular formula is C20H24N2O2. The highest BCUT2D eigenvalue weighted by Crippen LogP contribution is 2.14.